The summed E-state index contributed by atoms with van der Waals surface area (Å²) < 4.78 is 11.3. The van der Waals surface area contributed by atoms with Crippen LogP contribution >= 0.6 is 0 Å². The molecule has 0 amide bonds. The number of benzene rings is 1. The third-order valence-corrected chi connectivity index (χ3v) is 3.77. The highest BCUT2D eigenvalue weighted by Crippen LogP contribution is 2.28. The number of hydrogen-bond acceptors (Lipinski definition) is 3. The van der Waals surface area contributed by atoms with Crippen LogP contribution in [0.1, 0.15) is 64.4 Å². The Balaban J connectivity index is 2.36. The van der Waals surface area contributed by atoms with Crippen molar-refractivity contribution in [3.63, 3.8) is 0 Å². The minimum absolute atomic E-state index is 0.763. The van der Waals surface area contributed by atoms with Gasteiger partial charge in [0, 0.05) is 6.54 Å². The lowest BCUT2D eigenvalue weighted by molar-refractivity contribution is 0.286. The Kier molecular flexibility index (Phi) is 10.6. The van der Waals surface area contributed by atoms with Crippen molar-refractivity contribution in [1.82, 2.24) is 5.32 Å². The van der Waals surface area contributed by atoms with Gasteiger partial charge in [-0.25, -0.2) is 0 Å². The van der Waals surface area contributed by atoms with E-state index in [1.807, 2.05) is 6.07 Å². The molecule has 0 radical (unpaired) electrons. The van der Waals surface area contributed by atoms with Crippen LogP contribution in [0.5, 0.6) is 11.5 Å². The normalized spacial score (nSPS) is 10.7. The molecule has 0 aromatic heterocycles. The zero-order chi connectivity index (χ0) is 16.0. The molecule has 126 valence electrons. The van der Waals surface area contributed by atoms with Crippen LogP contribution in [0.2, 0.25) is 0 Å². The van der Waals surface area contributed by atoms with Gasteiger partial charge in [-0.15, -0.1) is 0 Å². The molecule has 22 heavy (non-hydrogen) atoms. The number of unbranched alkanes of at least 4 members (excludes halogenated alkanes) is 5. The van der Waals surface area contributed by atoms with Crippen LogP contribution < -0.4 is 14.8 Å². The first-order valence-corrected chi connectivity index (χ1v) is 8.82. The van der Waals surface area contributed by atoms with Crippen LogP contribution in [0, 0.1) is 0 Å². The lowest BCUT2D eigenvalue weighted by Crippen LogP contribution is -2.14. The molecule has 1 aromatic rings. The second-order valence-electron chi connectivity index (χ2n) is 5.78. The van der Waals surface area contributed by atoms with Crippen LogP contribution in [0.4, 0.5) is 0 Å². The molecule has 0 saturated heterocycles. The molecular weight excluding hydrogens is 274 g/mol. The van der Waals surface area contributed by atoms with Crippen LogP contribution in [0.15, 0.2) is 18.2 Å². The average molecular weight is 307 g/mol. The Labute approximate surface area is 136 Å². The van der Waals surface area contributed by atoms with Crippen molar-refractivity contribution in [2.75, 3.05) is 20.3 Å². The number of rotatable bonds is 13. The zero-order valence-electron chi connectivity index (χ0n) is 14.6. The van der Waals surface area contributed by atoms with Crippen molar-refractivity contribution < 1.29 is 9.47 Å². The van der Waals surface area contributed by atoms with Gasteiger partial charge in [0.1, 0.15) is 0 Å². The first-order valence-electron chi connectivity index (χ1n) is 8.82. The standard InChI is InChI=1S/C19H33NO2/c1-4-6-8-9-13-20-16-17-11-12-18(19(15-17)21-3)22-14-10-7-5-2/h11-12,15,20H,4-10,13-14,16H2,1-3H3. The molecule has 0 aliphatic heterocycles. The number of ether oxygens (including phenoxy) is 2. The summed E-state index contributed by atoms with van der Waals surface area (Å²) in [5.74, 6) is 1.69. The van der Waals surface area contributed by atoms with Crippen molar-refractivity contribution in [3.05, 3.63) is 23.8 Å². The molecule has 0 saturated carbocycles. The van der Waals surface area contributed by atoms with Crippen LogP contribution in [0.3, 0.4) is 0 Å². The molecule has 1 aromatic carbocycles. The van der Waals surface area contributed by atoms with Gasteiger partial charge in [0.05, 0.1) is 13.7 Å². The largest absolute Gasteiger partial charge is 0.493 e. The first-order chi connectivity index (χ1) is 10.8. The van der Waals surface area contributed by atoms with E-state index in [0.29, 0.717) is 0 Å². The molecule has 0 fully saturated rings. The Morgan fingerprint density at radius 3 is 2.41 bits per heavy atom. The van der Waals surface area contributed by atoms with Crippen LogP contribution in [-0.4, -0.2) is 20.3 Å². The lowest BCUT2D eigenvalue weighted by atomic mass is 10.2. The molecule has 1 rings (SSSR count). The molecule has 1 N–H and O–H groups in total. The molecule has 0 heterocycles. The number of methoxy groups -OCH3 is 1. The van der Waals surface area contributed by atoms with E-state index < -0.39 is 0 Å². The molecule has 0 atom stereocenters. The lowest BCUT2D eigenvalue weighted by Gasteiger charge is -2.12. The maximum absolute atomic E-state index is 5.81. The predicted molar refractivity (Wildman–Crippen MR) is 93.9 cm³/mol. The SMILES string of the molecule is CCCCCCNCc1ccc(OCCCCC)c(OC)c1. The summed E-state index contributed by atoms with van der Waals surface area (Å²) >= 11 is 0. The van der Waals surface area contributed by atoms with Crippen molar-refractivity contribution >= 4 is 0 Å². The average Bonchev–Trinajstić information content (AvgIpc) is 2.55. The molecule has 0 aliphatic rings. The molecular formula is C19H33NO2. The molecule has 3 nitrogen and oxygen atoms in total. The fourth-order valence-electron chi connectivity index (χ4n) is 2.38. The zero-order valence-corrected chi connectivity index (χ0v) is 14.6. The first kappa shape index (κ1) is 18.8. The fraction of sp³-hybridized carbons (Fsp3) is 0.684. The Morgan fingerprint density at radius 1 is 0.909 bits per heavy atom. The third-order valence-electron chi connectivity index (χ3n) is 3.77. The maximum atomic E-state index is 5.81. The van der Waals surface area contributed by atoms with E-state index in [0.717, 1.165) is 37.6 Å². The molecule has 0 bridgehead atoms. The monoisotopic (exact) mass is 307 g/mol. The highest BCUT2D eigenvalue weighted by molar-refractivity contribution is 5.42. The summed E-state index contributed by atoms with van der Waals surface area (Å²) in [6, 6.07) is 6.23. The van der Waals surface area contributed by atoms with E-state index in [9.17, 15) is 0 Å². The van der Waals surface area contributed by atoms with Crippen molar-refractivity contribution in [2.45, 2.75) is 65.3 Å². The molecule has 0 unspecified atom stereocenters. The highest BCUT2D eigenvalue weighted by Gasteiger charge is 2.05. The van der Waals surface area contributed by atoms with E-state index in [1.165, 1.54) is 44.1 Å². The van der Waals surface area contributed by atoms with E-state index in [2.05, 4.69) is 31.3 Å². The smallest absolute Gasteiger partial charge is 0.161 e. The molecule has 3 heteroatoms. The van der Waals surface area contributed by atoms with Gasteiger partial charge in [-0.2, -0.15) is 0 Å². The van der Waals surface area contributed by atoms with Crippen molar-refractivity contribution in [2.24, 2.45) is 0 Å². The molecule has 0 aliphatic carbocycles. The minimum atomic E-state index is 0.763. The fourth-order valence-corrected chi connectivity index (χ4v) is 2.38. The summed E-state index contributed by atoms with van der Waals surface area (Å²) in [6.07, 6.45) is 8.71. The van der Waals surface area contributed by atoms with Gasteiger partial charge in [-0.1, -0.05) is 52.0 Å². The Hall–Kier alpha value is -1.22. The summed E-state index contributed by atoms with van der Waals surface area (Å²) in [6.45, 7) is 7.17. The van der Waals surface area contributed by atoms with Gasteiger partial charge < -0.3 is 14.8 Å². The van der Waals surface area contributed by atoms with E-state index in [1.54, 1.807) is 7.11 Å². The summed E-state index contributed by atoms with van der Waals surface area (Å²) in [4.78, 5) is 0. The topological polar surface area (TPSA) is 30.5 Å². The van der Waals surface area contributed by atoms with Gasteiger partial charge in [0.25, 0.3) is 0 Å². The Bertz CT molecular complexity index is 393. The highest BCUT2D eigenvalue weighted by atomic mass is 16.5. The third kappa shape index (κ3) is 7.69. The summed E-state index contributed by atoms with van der Waals surface area (Å²) in [5, 5.41) is 3.49. The maximum Gasteiger partial charge on any atom is 0.161 e. The van der Waals surface area contributed by atoms with Gasteiger partial charge in [-0.05, 0) is 37.1 Å². The molecule has 0 spiro atoms. The Morgan fingerprint density at radius 2 is 1.68 bits per heavy atom. The van der Waals surface area contributed by atoms with Crippen molar-refractivity contribution in [3.8, 4) is 11.5 Å². The van der Waals surface area contributed by atoms with Gasteiger partial charge in [0.2, 0.25) is 0 Å². The summed E-state index contributed by atoms with van der Waals surface area (Å²) in [5.41, 5.74) is 1.24. The number of hydrogen-bond donors (Lipinski definition) is 1. The van der Waals surface area contributed by atoms with Gasteiger partial charge in [-0.3, -0.25) is 0 Å². The minimum Gasteiger partial charge on any atom is -0.493 e. The summed E-state index contributed by atoms with van der Waals surface area (Å²) in [7, 11) is 1.70. The van der Waals surface area contributed by atoms with Crippen LogP contribution in [0.25, 0.3) is 0 Å². The van der Waals surface area contributed by atoms with E-state index in [4.69, 9.17) is 9.47 Å². The quantitative estimate of drug-likeness (QED) is 0.524. The van der Waals surface area contributed by atoms with Gasteiger partial charge >= 0.3 is 0 Å². The predicted octanol–water partition coefficient (Wildman–Crippen LogP) is 4.93. The van der Waals surface area contributed by atoms with Gasteiger partial charge in [0.15, 0.2) is 11.5 Å². The van der Waals surface area contributed by atoms with E-state index in [-0.39, 0.29) is 0 Å². The van der Waals surface area contributed by atoms with E-state index >= 15 is 0 Å². The second-order valence-corrected chi connectivity index (χ2v) is 5.78. The van der Waals surface area contributed by atoms with Crippen molar-refractivity contribution in [1.29, 1.82) is 0 Å². The number of nitrogens with one attached hydrogen (secondary N) is 1. The second kappa shape index (κ2) is 12.3. The van der Waals surface area contributed by atoms with Crippen LogP contribution in [-0.2, 0) is 6.54 Å².